The Kier molecular flexibility index (Phi) is 4.66. The zero-order chi connectivity index (χ0) is 17.3. The van der Waals surface area contributed by atoms with E-state index in [2.05, 4.69) is 4.98 Å². The third-order valence-corrected chi connectivity index (χ3v) is 5.15. The van der Waals surface area contributed by atoms with Gasteiger partial charge in [-0.05, 0) is 19.8 Å². The van der Waals surface area contributed by atoms with Crippen LogP contribution >= 0.6 is 11.3 Å². The first-order valence-electron chi connectivity index (χ1n) is 8.02. The number of nitrogens with zero attached hydrogens (tertiary/aromatic N) is 3. The van der Waals surface area contributed by atoms with E-state index in [1.165, 1.54) is 16.9 Å². The number of thiazole rings is 1. The molecular formula is C18H21N3O2S. The molecule has 1 aromatic carbocycles. The first-order chi connectivity index (χ1) is 11.5. The lowest BCUT2D eigenvalue weighted by Gasteiger charge is -2.25. The van der Waals surface area contributed by atoms with Crippen molar-refractivity contribution >= 4 is 23.2 Å². The molecule has 5 nitrogen and oxygen atoms in total. The molecule has 1 saturated heterocycles. The largest absolute Gasteiger partial charge is 0.347 e. The van der Waals surface area contributed by atoms with Gasteiger partial charge in [0.25, 0.3) is 5.91 Å². The molecule has 24 heavy (non-hydrogen) atoms. The maximum atomic E-state index is 12.8. The molecule has 1 aromatic heterocycles. The second-order valence-corrected chi connectivity index (χ2v) is 7.15. The van der Waals surface area contributed by atoms with Gasteiger partial charge in [0.05, 0.1) is 0 Å². The number of hydrogen-bond acceptors (Lipinski definition) is 4. The Morgan fingerprint density at radius 2 is 1.96 bits per heavy atom. The van der Waals surface area contributed by atoms with Gasteiger partial charge in [0, 0.05) is 31.6 Å². The maximum Gasteiger partial charge on any atom is 0.274 e. The van der Waals surface area contributed by atoms with E-state index in [1.807, 2.05) is 31.2 Å². The second kappa shape index (κ2) is 6.73. The van der Waals surface area contributed by atoms with E-state index in [1.54, 1.807) is 29.3 Å². The van der Waals surface area contributed by atoms with Crippen LogP contribution < -0.4 is 0 Å². The molecule has 1 unspecified atom stereocenters. The van der Waals surface area contributed by atoms with Crippen LogP contribution in [0.25, 0.3) is 10.6 Å². The van der Waals surface area contributed by atoms with Crippen LogP contribution in [0, 0.1) is 6.92 Å². The highest BCUT2D eigenvalue weighted by Crippen LogP contribution is 2.27. The lowest BCUT2D eigenvalue weighted by Crippen LogP contribution is -2.45. The molecule has 2 heterocycles. The molecule has 0 spiro atoms. The van der Waals surface area contributed by atoms with Gasteiger partial charge in [-0.15, -0.1) is 11.3 Å². The maximum absolute atomic E-state index is 12.8. The first-order valence-corrected chi connectivity index (χ1v) is 8.90. The van der Waals surface area contributed by atoms with Gasteiger partial charge in [0.15, 0.2) is 0 Å². The highest BCUT2D eigenvalue weighted by atomic mass is 32.1. The van der Waals surface area contributed by atoms with Crippen LogP contribution in [-0.4, -0.2) is 53.3 Å². The molecule has 0 aliphatic carbocycles. The van der Waals surface area contributed by atoms with E-state index in [4.69, 9.17) is 0 Å². The number of benzene rings is 1. The lowest BCUT2D eigenvalue weighted by atomic mass is 10.2. The van der Waals surface area contributed by atoms with Crippen molar-refractivity contribution in [3.8, 4) is 10.6 Å². The summed E-state index contributed by atoms with van der Waals surface area (Å²) >= 11 is 1.46. The van der Waals surface area contributed by atoms with Crippen molar-refractivity contribution in [2.75, 3.05) is 20.6 Å². The Morgan fingerprint density at radius 3 is 2.62 bits per heavy atom. The summed E-state index contributed by atoms with van der Waals surface area (Å²) in [7, 11) is 3.45. The number of amides is 2. The number of rotatable bonds is 3. The van der Waals surface area contributed by atoms with E-state index in [0.717, 1.165) is 23.4 Å². The minimum atomic E-state index is -0.364. The van der Waals surface area contributed by atoms with Crippen LogP contribution in [0.2, 0.25) is 0 Å². The molecule has 0 saturated carbocycles. The SMILES string of the molecule is Cc1ccc(-c2nc(C(=O)N3CCCC3C(=O)N(C)C)cs2)cc1. The van der Waals surface area contributed by atoms with E-state index in [9.17, 15) is 9.59 Å². The van der Waals surface area contributed by atoms with Crippen molar-refractivity contribution in [3.05, 3.63) is 40.9 Å². The summed E-state index contributed by atoms with van der Waals surface area (Å²) in [6.45, 7) is 2.65. The van der Waals surface area contributed by atoms with Gasteiger partial charge in [0.1, 0.15) is 16.7 Å². The van der Waals surface area contributed by atoms with Gasteiger partial charge < -0.3 is 9.80 Å². The minimum absolute atomic E-state index is 0.0187. The van der Waals surface area contributed by atoms with Gasteiger partial charge >= 0.3 is 0 Å². The standard InChI is InChI=1S/C18H21N3O2S/c1-12-6-8-13(9-7-12)16-19-14(11-24-16)17(22)21-10-4-5-15(21)18(23)20(2)3/h6-9,11,15H,4-5,10H2,1-3H3. The lowest BCUT2D eigenvalue weighted by molar-refractivity contribution is -0.132. The van der Waals surface area contributed by atoms with Gasteiger partial charge in [-0.3, -0.25) is 9.59 Å². The van der Waals surface area contributed by atoms with Crippen molar-refractivity contribution in [1.82, 2.24) is 14.8 Å². The van der Waals surface area contributed by atoms with Crippen LogP contribution in [0.3, 0.4) is 0 Å². The molecule has 126 valence electrons. The van der Waals surface area contributed by atoms with Crippen molar-refractivity contribution in [2.24, 2.45) is 0 Å². The van der Waals surface area contributed by atoms with E-state index in [-0.39, 0.29) is 17.9 Å². The summed E-state index contributed by atoms with van der Waals surface area (Å²) in [4.78, 5) is 32.8. The number of likely N-dealkylation sites (tertiary alicyclic amines) is 1. The van der Waals surface area contributed by atoms with E-state index >= 15 is 0 Å². The molecule has 3 rings (SSSR count). The Morgan fingerprint density at radius 1 is 1.25 bits per heavy atom. The summed E-state index contributed by atoms with van der Waals surface area (Å²) in [5, 5.41) is 2.61. The molecular weight excluding hydrogens is 322 g/mol. The number of carbonyl (C=O) groups is 2. The fourth-order valence-electron chi connectivity index (χ4n) is 2.91. The van der Waals surface area contributed by atoms with Gasteiger partial charge in [-0.1, -0.05) is 29.8 Å². The number of carbonyl (C=O) groups excluding carboxylic acids is 2. The third-order valence-electron chi connectivity index (χ3n) is 4.26. The van der Waals surface area contributed by atoms with E-state index in [0.29, 0.717) is 12.2 Å². The Balaban J connectivity index is 1.80. The number of hydrogen-bond donors (Lipinski definition) is 0. The van der Waals surface area contributed by atoms with Crippen molar-refractivity contribution in [1.29, 1.82) is 0 Å². The molecule has 1 atom stereocenters. The summed E-state index contributed by atoms with van der Waals surface area (Å²) in [6, 6.07) is 7.72. The van der Waals surface area contributed by atoms with Crippen LogP contribution in [0.4, 0.5) is 0 Å². The van der Waals surface area contributed by atoms with Crippen molar-refractivity contribution in [3.63, 3.8) is 0 Å². The minimum Gasteiger partial charge on any atom is -0.347 e. The zero-order valence-electron chi connectivity index (χ0n) is 14.2. The summed E-state index contributed by atoms with van der Waals surface area (Å²) in [5.74, 6) is -0.169. The smallest absolute Gasteiger partial charge is 0.274 e. The van der Waals surface area contributed by atoms with Crippen LogP contribution in [0.1, 0.15) is 28.9 Å². The first kappa shape index (κ1) is 16.6. The molecule has 2 amide bonds. The van der Waals surface area contributed by atoms with Crippen LogP contribution in [0.5, 0.6) is 0 Å². The molecule has 0 N–H and O–H groups in total. The monoisotopic (exact) mass is 343 g/mol. The molecule has 1 aliphatic heterocycles. The molecule has 6 heteroatoms. The van der Waals surface area contributed by atoms with Gasteiger partial charge in [-0.25, -0.2) is 4.98 Å². The molecule has 1 fully saturated rings. The Labute approximate surface area is 145 Å². The van der Waals surface area contributed by atoms with Gasteiger partial charge in [0.2, 0.25) is 5.91 Å². The van der Waals surface area contributed by atoms with Crippen molar-refractivity contribution in [2.45, 2.75) is 25.8 Å². The predicted molar refractivity (Wildman–Crippen MR) is 95.0 cm³/mol. The predicted octanol–water partition coefficient (Wildman–Crippen LogP) is 2.81. The highest BCUT2D eigenvalue weighted by Gasteiger charge is 2.36. The normalized spacial score (nSPS) is 17.1. The number of aromatic nitrogens is 1. The highest BCUT2D eigenvalue weighted by molar-refractivity contribution is 7.13. The fraction of sp³-hybridized carbons (Fsp3) is 0.389. The summed E-state index contributed by atoms with van der Waals surface area (Å²) in [5.41, 5.74) is 2.62. The third kappa shape index (κ3) is 3.19. The molecule has 0 bridgehead atoms. The van der Waals surface area contributed by atoms with Crippen LogP contribution in [-0.2, 0) is 4.79 Å². The summed E-state index contributed by atoms with van der Waals surface area (Å²) in [6.07, 6.45) is 1.57. The quantitative estimate of drug-likeness (QED) is 0.861. The summed E-state index contributed by atoms with van der Waals surface area (Å²) < 4.78 is 0. The number of likely N-dealkylation sites (N-methyl/N-ethyl adjacent to an activating group) is 1. The number of aryl methyl sites for hydroxylation is 1. The molecule has 2 aromatic rings. The topological polar surface area (TPSA) is 53.5 Å². The average Bonchev–Trinajstić information content (AvgIpc) is 3.23. The van der Waals surface area contributed by atoms with Crippen LogP contribution in [0.15, 0.2) is 29.6 Å². The molecule has 1 aliphatic rings. The Hall–Kier alpha value is -2.21. The second-order valence-electron chi connectivity index (χ2n) is 6.29. The van der Waals surface area contributed by atoms with Gasteiger partial charge in [-0.2, -0.15) is 0 Å². The van der Waals surface area contributed by atoms with Crippen molar-refractivity contribution < 1.29 is 9.59 Å². The fourth-order valence-corrected chi connectivity index (χ4v) is 3.71. The van der Waals surface area contributed by atoms with E-state index < -0.39 is 0 Å². The molecule has 0 radical (unpaired) electrons. The Bertz CT molecular complexity index is 752. The average molecular weight is 343 g/mol. The zero-order valence-corrected chi connectivity index (χ0v) is 15.0.